The number of halogens is 1. The molecule has 0 radical (unpaired) electrons. The summed E-state index contributed by atoms with van der Waals surface area (Å²) in [5.41, 5.74) is 1.39. The van der Waals surface area contributed by atoms with Crippen molar-refractivity contribution < 1.29 is 13.9 Å². The van der Waals surface area contributed by atoms with Crippen molar-refractivity contribution in [2.24, 2.45) is 0 Å². The summed E-state index contributed by atoms with van der Waals surface area (Å²) in [6.45, 7) is 0.408. The number of aldehydes is 1. The molecule has 0 amide bonds. The molecule has 0 aliphatic carbocycles. The van der Waals surface area contributed by atoms with Crippen molar-refractivity contribution in [1.29, 1.82) is 0 Å². The van der Waals surface area contributed by atoms with Crippen molar-refractivity contribution in [1.82, 2.24) is 0 Å². The quantitative estimate of drug-likeness (QED) is 0.674. The third-order valence-electron chi connectivity index (χ3n) is 1.96. The molecule has 0 N–H and O–H groups in total. The van der Waals surface area contributed by atoms with Gasteiger partial charge in [-0.05, 0) is 23.6 Å². The van der Waals surface area contributed by atoms with Crippen molar-refractivity contribution in [3.05, 3.63) is 35.1 Å². The zero-order valence-electron chi connectivity index (χ0n) is 8.13. The van der Waals surface area contributed by atoms with Crippen LogP contribution in [0.4, 0.5) is 4.39 Å². The van der Waals surface area contributed by atoms with Crippen LogP contribution >= 0.6 is 0 Å². The van der Waals surface area contributed by atoms with Crippen molar-refractivity contribution in [3.8, 4) is 0 Å². The van der Waals surface area contributed by atoms with Gasteiger partial charge >= 0.3 is 0 Å². The van der Waals surface area contributed by atoms with Gasteiger partial charge in [0.2, 0.25) is 0 Å². The van der Waals surface area contributed by atoms with Crippen LogP contribution in [0.2, 0.25) is 0 Å². The molecular weight excluding hydrogens is 183 g/mol. The topological polar surface area (TPSA) is 26.3 Å². The molecule has 3 heteroatoms. The van der Waals surface area contributed by atoms with Gasteiger partial charge in [-0.1, -0.05) is 12.1 Å². The van der Waals surface area contributed by atoms with Gasteiger partial charge in [0, 0.05) is 13.5 Å². The number of hydrogen-bond acceptors (Lipinski definition) is 2. The molecular formula is C11H13FO2. The maximum absolute atomic E-state index is 13.3. The van der Waals surface area contributed by atoms with E-state index < -0.39 is 0 Å². The number of hydrogen-bond donors (Lipinski definition) is 0. The number of carbonyl (C=O) groups excluding carboxylic acids is 1. The molecule has 1 aromatic rings. The van der Waals surface area contributed by atoms with Crippen LogP contribution in [-0.4, -0.2) is 13.4 Å². The standard InChI is InChI=1S/C11H13FO2/c1-14-8-9-4-5-10(3-2-6-13)11(12)7-9/h4-7H,2-3,8H2,1H3. The summed E-state index contributed by atoms with van der Waals surface area (Å²) in [6.07, 6.45) is 1.62. The molecule has 0 aliphatic rings. The Labute approximate surface area is 82.7 Å². The fourth-order valence-corrected chi connectivity index (χ4v) is 1.26. The van der Waals surface area contributed by atoms with Crippen molar-refractivity contribution >= 4 is 6.29 Å². The Morgan fingerprint density at radius 1 is 1.50 bits per heavy atom. The van der Waals surface area contributed by atoms with Crippen LogP contribution in [0, 0.1) is 5.82 Å². The maximum Gasteiger partial charge on any atom is 0.126 e. The summed E-state index contributed by atoms with van der Waals surface area (Å²) in [5, 5.41) is 0. The van der Waals surface area contributed by atoms with E-state index in [0.717, 1.165) is 11.8 Å². The molecule has 0 heterocycles. The average molecular weight is 196 g/mol. The summed E-state index contributed by atoms with van der Waals surface area (Å²) in [5.74, 6) is -0.263. The largest absolute Gasteiger partial charge is 0.380 e. The molecule has 0 unspecified atom stereocenters. The summed E-state index contributed by atoms with van der Waals surface area (Å²) >= 11 is 0. The summed E-state index contributed by atoms with van der Waals surface area (Å²) in [4.78, 5) is 10.1. The number of methoxy groups -OCH3 is 1. The van der Waals surface area contributed by atoms with E-state index in [1.54, 1.807) is 13.2 Å². The zero-order valence-corrected chi connectivity index (χ0v) is 8.13. The second kappa shape index (κ2) is 5.50. The average Bonchev–Trinajstić information content (AvgIpc) is 2.17. The van der Waals surface area contributed by atoms with Crippen molar-refractivity contribution in [3.63, 3.8) is 0 Å². The van der Waals surface area contributed by atoms with E-state index in [-0.39, 0.29) is 5.82 Å². The Hall–Kier alpha value is -1.22. The van der Waals surface area contributed by atoms with E-state index in [0.29, 0.717) is 25.0 Å². The highest BCUT2D eigenvalue weighted by Crippen LogP contribution is 2.12. The van der Waals surface area contributed by atoms with Crippen molar-refractivity contribution in [2.45, 2.75) is 19.4 Å². The Bertz CT molecular complexity index is 310. The van der Waals surface area contributed by atoms with Crippen LogP contribution < -0.4 is 0 Å². The Morgan fingerprint density at radius 2 is 2.29 bits per heavy atom. The molecule has 0 atom stereocenters. The predicted molar refractivity (Wildman–Crippen MR) is 51.5 cm³/mol. The smallest absolute Gasteiger partial charge is 0.126 e. The minimum Gasteiger partial charge on any atom is -0.380 e. The van der Waals surface area contributed by atoms with Gasteiger partial charge in [-0.3, -0.25) is 0 Å². The number of ether oxygens (including phenoxy) is 1. The second-order valence-electron chi connectivity index (χ2n) is 3.06. The SMILES string of the molecule is COCc1ccc(CCC=O)c(F)c1. The summed E-state index contributed by atoms with van der Waals surface area (Å²) in [6, 6.07) is 4.96. The molecule has 14 heavy (non-hydrogen) atoms. The van der Waals surface area contributed by atoms with Crippen LogP contribution in [0.3, 0.4) is 0 Å². The first-order valence-electron chi connectivity index (χ1n) is 4.47. The molecule has 0 saturated carbocycles. The zero-order chi connectivity index (χ0) is 10.4. The molecule has 1 rings (SSSR count). The van der Waals surface area contributed by atoms with E-state index >= 15 is 0 Å². The molecule has 0 aromatic heterocycles. The Morgan fingerprint density at radius 3 is 2.86 bits per heavy atom. The van der Waals surface area contributed by atoms with Crippen LogP contribution in [0.5, 0.6) is 0 Å². The van der Waals surface area contributed by atoms with Gasteiger partial charge in [0.25, 0.3) is 0 Å². The third kappa shape index (κ3) is 2.92. The molecule has 0 spiro atoms. The van der Waals surface area contributed by atoms with Crippen LogP contribution in [0.15, 0.2) is 18.2 Å². The van der Waals surface area contributed by atoms with Gasteiger partial charge in [0.1, 0.15) is 12.1 Å². The lowest BCUT2D eigenvalue weighted by Gasteiger charge is -2.03. The monoisotopic (exact) mass is 196 g/mol. The van der Waals surface area contributed by atoms with E-state index in [4.69, 9.17) is 4.74 Å². The summed E-state index contributed by atoms with van der Waals surface area (Å²) in [7, 11) is 1.57. The number of aryl methyl sites for hydroxylation is 1. The van der Waals surface area contributed by atoms with E-state index in [2.05, 4.69) is 0 Å². The first-order chi connectivity index (χ1) is 6.77. The lowest BCUT2D eigenvalue weighted by atomic mass is 10.1. The van der Waals surface area contributed by atoms with Gasteiger partial charge < -0.3 is 9.53 Å². The highest BCUT2D eigenvalue weighted by molar-refractivity contribution is 5.50. The van der Waals surface area contributed by atoms with Gasteiger partial charge in [-0.25, -0.2) is 4.39 Å². The highest BCUT2D eigenvalue weighted by atomic mass is 19.1. The number of rotatable bonds is 5. The lowest BCUT2D eigenvalue weighted by molar-refractivity contribution is -0.107. The predicted octanol–water partition coefficient (Wildman–Crippen LogP) is 2.10. The van der Waals surface area contributed by atoms with Gasteiger partial charge in [-0.15, -0.1) is 0 Å². The lowest BCUT2D eigenvalue weighted by Crippen LogP contribution is -1.95. The highest BCUT2D eigenvalue weighted by Gasteiger charge is 2.02. The molecule has 0 bridgehead atoms. The molecule has 0 aliphatic heterocycles. The normalized spacial score (nSPS) is 10.1. The molecule has 2 nitrogen and oxygen atoms in total. The third-order valence-corrected chi connectivity index (χ3v) is 1.96. The minimum absolute atomic E-state index is 0.263. The second-order valence-corrected chi connectivity index (χ2v) is 3.06. The Kier molecular flexibility index (Phi) is 4.26. The summed E-state index contributed by atoms with van der Waals surface area (Å²) < 4.78 is 18.2. The maximum atomic E-state index is 13.3. The van der Waals surface area contributed by atoms with Crippen LogP contribution in [-0.2, 0) is 22.6 Å². The number of benzene rings is 1. The van der Waals surface area contributed by atoms with Crippen LogP contribution in [0.1, 0.15) is 17.5 Å². The van der Waals surface area contributed by atoms with E-state index in [9.17, 15) is 9.18 Å². The van der Waals surface area contributed by atoms with Gasteiger partial charge in [0.15, 0.2) is 0 Å². The fourth-order valence-electron chi connectivity index (χ4n) is 1.26. The van der Waals surface area contributed by atoms with E-state index in [1.807, 2.05) is 6.07 Å². The van der Waals surface area contributed by atoms with Gasteiger partial charge in [-0.2, -0.15) is 0 Å². The van der Waals surface area contributed by atoms with E-state index in [1.165, 1.54) is 6.07 Å². The first kappa shape index (κ1) is 10.9. The van der Waals surface area contributed by atoms with Gasteiger partial charge in [0.05, 0.1) is 6.61 Å². The fraction of sp³-hybridized carbons (Fsp3) is 0.364. The number of carbonyl (C=O) groups is 1. The molecule has 0 saturated heterocycles. The van der Waals surface area contributed by atoms with Crippen LogP contribution in [0.25, 0.3) is 0 Å². The van der Waals surface area contributed by atoms with Crippen molar-refractivity contribution in [2.75, 3.05) is 7.11 Å². The molecule has 0 fully saturated rings. The minimum atomic E-state index is -0.263. The first-order valence-corrected chi connectivity index (χ1v) is 4.47. The molecule has 76 valence electrons. The molecule has 1 aromatic carbocycles. The Balaban J connectivity index is 2.73.